The first-order chi connectivity index (χ1) is 6.92. The normalized spacial score (nSPS) is 13.9. The van der Waals surface area contributed by atoms with Gasteiger partial charge in [0, 0.05) is 17.0 Å². The number of alkyl halides is 3. The van der Waals surface area contributed by atoms with E-state index in [1.165, 1.54) is 18.6 Å². The van der Waals surface area contributed by atoms with Crippen molar-refractivity contribution in [2.75, 3.05) is 13.7 Å². The van der Waals surface area contributed by atoms with Gasteiger partial charge in [-0.05, 0) is 34.4 Å². The molecule has 0 bridgehead atoms. The Morgan fingerprint density at radius 3 is 2.87 bits per heavy atom. The molecule has 0 amide bonds. The van der Waals surface area contributed by atoms with Gasteiger partial charge in [-0.1, -0.05) is 0 Å². The molecule has 7 heteroatoms. The van der Waals surface area contributed by atoms with E-state index in [0.29, 0.717) is 5.88 Å². The molecule has 1 aromatic heterocycles. The van der Waals surface area contributed by atoms with Crippen LogP contribution in [0.4, 0.5) is 8.78 Å². The second kappa shape index (κ2) is 5.18. The van der Waals surface area contributed by atoms with E-state index < -0.39 is 11.4 Å². The van der Waals surface area contributed by atoms with Gasteiger partial charge in [0.05, 0.1) is 13.7 Å². The number of ether oxygens (including phenoxy) is 1. The van der Waals surface area contributed by atoms with Gasteiger partial charge in [-0.15, -0.1) is 0 Å². The Kier molecular flexibility index (Phi) is 4.42. The van der Waals surface area contributed by atoms with Crippen molar-refractivity contribution in [1.29, 1.82) is 0 Å². The van der Waals surface area contributed by atoms with Gasteiger partial charge < -0.3 is 10.1 Å². The number of halogens is 3. The summed E-state index contributed by atoms with van der Waals surface area (Å²) in [6, 6.07) is 1.56. The highest BCUT2D eigenvalue weighted by Gasteiger charge is 2.24. The Balaban J connectivity index is 2.50. The van der Waals surface area contributed by atoms with E-state index in [0.717, 1.165) is 4.88 Å². The fourth-order valence-electron chi connectivity index (χ4n) is 0.942. The van der Waals surface area contributed by atoms with Crippen LogP contribution in [0.1, 0.15) is 17.8 Å². The Labute approximate surface area is 99.1 Å². The minimum absolute atomic E-state index is 0.171. The summed E-state index contributed by atoms with van der Waals surface area (Å²) in [5.74, 6) is 0.509. The smallest absolute Gasteiger partial charge is 0.313 e. The van der Waals surface area contributed by atoms with Crippen molar-refractivity contribution in [3.8, 4) is 5.88 Å². The Bertz CT molecular complexity index is 316. The molecule has 0 aliphatic carbocycles. The van der Waals surface area contributed by atoms with E-state index in [1.807, 2.05) is 0 Å². The minimum atomic E-state index is -2.88. The van der Waals surface area contributed by atoms with Crippen molar-refractivity contribution in [1.82, 2.24) is 9.69 Å². The number of methoxy groups -OCH3 is 1. The zero-order chi connectivity index (χ0) is 11.5. The summed E-state index contributed by atoms with van der Waals surface area (Å²) < 4.78 is 33.9. The summed E-state index contributed by atoms with van der Waals surface area (Å²) in [7, 11) is 1.52. The fraction of sp³-hybridized carbons (Fsp3) is 0.625. The van der Waals surface area contributed by atoms with Crippen molar-refractivity contribution >= 4 is 27.5 Å². The maximum Gasteiger partial charge on any atom is 0.313 e. The van der Waals surface area contributed by atoms with Crippen molar-refractivity contribution in [3.05, 3.63) is 10.9 Å². The SMILES string of the molecule is COc1cc(C(C)NCC(F)(F)Br)sn1. The van der Waals surface area contributed by atoms with Crippen LogP contribution >= 0.6 is 27.5 Å². The maximum atomic E-state index is 12.5. The van der Waals surface area contributed by atoms with Crippen LogP contribution in [-0.2, 0) is 0 Å². The van der Waals surface area contributed by atoms with Gasteiger partial charge in [-0.2, -0.15) is 13.2 Å². The molecule has 0 aromatic carbocycles. The van der Waals surface area contributed by atoms with Crippen molar-refractivity contribution in [2.45, 2.75) is 17.8 Å². The zero-order valence-corrected chi connectivity index (χ0v) is 10.7. The summed E-state index contributed by atoms with van der Waals surface area (Å²) in [4.78, 5) is -2.01. The summed E-state index contributed by atoms with van der Waals surface area (Å²) >= 11 is 3.50. The van der Waals surface area contributed by atoms with Crippen molar-refractivity contribution in [2.24, 2.45) is 0 Å². The number of nitrogens with one attached hydrogen (secondary N) is 1. The van der Waals surface area contributed by atoms with Crippen LogP contribution in [0.3, 0.4) is 0 Å². The van der Waals surface area contributed by atoms with E-state index in [1.54, 1.807) is 13.0 Å². The molecular weight excluding hydrogens is 290 g/mol. The maximum absolute atomic E-state index is 12.5. The zero-order valence-electron chi connectivity index (χ0n) is 8.26. The first-order valence-corrected chi connectivity index (χ1v) is 5.80. The van der Waals surface area contributed by atoms with Crippen LogP contribution < -0.4 is 10.1 Å². The first-order valence-electron chi connectivity index (χ1n) is 4.23. The van der Waals surface area contributed by atoms with Gasteiger partial charge in [0.25, 0.3) is 0 Å². The lowest BCUT2D eigenvalue weighted by molar-refractivity contribution is 0.110. The van der Waals surface area contributed by atoms with Gasteiger partial charge in [-0.25, -0.2) is 0 Å². The van der Waals surface area contributed by atoms with Gasteiger partial charge in [0.1, 0.15) is 0 Å². The van der Waals surface area contributed by atoms with Crippen LogP contribution in [0.5, 0.6) is 5.88 Å². The standard InChI is InChI=1S/C8H11BrF2N2OS/c1-5(12-4-8(9,10)11)6-3-7(14-2)13-15-6/h3,5,12H,4H2,1-2H3. The Hall–Kier alpha value is -0.270. The molecule has 15 heavy (non-hydrogen) atoms. The molecule has 1 aromatic rings. The molecule has 1 N–H and O–H groups in total. The molecule has 1 unspecified atom stereocenters. The third-order valence-corrected chi connectivity index (χ3v) is 2.99. The second-order valence-corrected chi connectivity index (χ2v) is 4.99. The third-order valence-electron chi connectivity index (χ3n) is 1.75. The molecule has 3 nitrogen and oxygen atoms in total. The van der Waals surface area contributed by atoms with Crippen LogP contribution in [0.15, 0.2) is 6.07 Å². The molecule has 1 rings (SSSR count). The van der Waals surface area contributed by atoms with Crippen LogP contribution in [0.25, 0.3) is 0 Å². The largest absolute Gasteiger partial charge is 0.480 e. The molecule has 1 atom stereocenters. The fourth-order valence-corrected chi connectivity index (χ4v) is 1.82. The predicted octanol–water partition coefficient (Wildman–Crippen LogP) is 2.79. The quantitative estimate of drug-likeness (QED) is 0.849. The number of hydrogen-bond acceptors (Lipinski definition) is 4. The molecule has 0 aliphatic heterocycles. The molecule has 86 valence electrons. The molecule has 0 aliphatic rings. The van der Waals surface area contributed by atoms with Crippen molar-refractivity contribution < 1.29 is 13.5 Å². The lowest BCUT2D eigenvalue weighted by atomic mass is 10.3. The van der Waals surface area contributed by atoms with Gasteiger partial charge >= 0.3 is 4.83 Å². The molecule has 0 saturated heterocycles. The number of nitrogens with zero attached hydrogens (tertiary/aromatic N) is 1. The molecule has 0 fully saturated rings. The minimum Gasteiger partial charge on any atom is -0.480 e. The van der Waals surface area contributed by atoms with E-state index in [2.05, 4.69) is 25.6 Å². The molecule has 0 saturated carbocycles. The highest BCUT2D eigenvalue weighted by atomic mass is 79.9. The number of aromatic nitrogens is 1. The molecule has 0 radical (unpaired) electrons. The van der Waals surface area contributed by atoms with E-state index >= 15 is 0 Å². The highest BCUT2D eigenvalue weighted by Crippen LogP contribution is 2.25. The number of hydrogen-bond donors (Lipinski definition) is 1. The molecular formula is C8H11BrF2N2OS. The predicted molar refractivity (Wildman–Crippen MR) is 59.0 cm³/mol. The van der Waals surface area contributed by atoms with Gasteiger partial charge in [0.2, 0.25) is 5.88 Å². The summed E-state index contributed by atoms with van der Waals surface area (Å²) in [6.07, 6.45) is 0. The molecule has 0 spiro atoms. The Morgan fingerprint density at radius 1 is 1.73 bits per heavy atom. The van der Waals surface area contributed by atoms with Gasteiger partial charge in [-0.3, -0.25) is 0 Å². The lowest BCUT2D eigenvalue weighted by Gasteiger charge is -2.14. The first kappa shape index (κ1) is 12.8. The monoisotopic (exact) mass is 300 g/mol. The topological polar surface area (TPSA) is 34.1 Å². The van der Waals surface area contributed by atoms with Crippen LogP contribution in [-0.4, -0.2) is 22.9 Å². The summed E-state index contributed by atoms with van der Waals surface area (Å²) in [6.45, 7) is 1.38. The average Bonchev–Trinajstić information content (AvgIpc) is 2.61. The molecule has 1 heterocycles. The lowest BCUT2D eigenvalue weighted by Crippen LogP contribution is -2.29. The average molecular weight is 301 g/mol. The van der Waals surface area contributed by atoms with E-state index in [4.69, 9.17) is 4.74 Å². The van der Waals surface area contributed by atoms with Gasteiger partial charge in [0.15, 0.2) is 0 Å². The second-order valence-electron chi connectivity index (χ2n) is 2.99. The summed E-state index contributed by atoms with van der Waals surface area (Å²) in [5, 5.41) is 2.69. The highest BCUT2D eigenvalue weighted by molar-refractivity contribution is 9.10. The number of rotatable bonds is 5. The van der Waals surface area contributed by atoms with Crippen molar-refractivity contribution in [3.63, 3.8) is 0 Å². The summed E-state index contributed by atoms with van der Waals surface area (Å²) in [5.41, 5.74) is 0. The van der Waals surface area contributed by atoms with E-state index in [9.17, 15) is 8.78 Å². The third kappa shape index (κ3) is 4.40. The van der Waals surface area contributed by atoms with E-state index in [-0.39, 0.29) is 6.04 Å². The Morgan fingerprint density at radius 2 is 2.40 bits per heavy atom. The van der Waals surface area contributed by atoms with Crippen LogP contribution in [0.2, 0.25) is 0 Å². The van der Waals surface area contributed by atoms with Crippen LogP contribution in [0, 0.1) is 0 Å².